The second-order valence-electron chi connectivity index (χ2n) is 25.8. The predicted octanol–water partition coefficient (Wildman–Crippen LogP) is 23.0. The van der Waals surface area contributed by atoms with Gasteiger partial charge in [-0.05, 0) is 222 Å². The SMILES string of the molecule is C[C@H]1C=C2C=CC=C(N(c3ccc(N(C4=CCCC=C4)c4ccccc4)cc3)c3ccc4c(c3)C3(c5cc(N(C6=C7C=CC=CC7CC=C6)c6ccc(N(c7ccccc7)c7ccccc7)cc6)ccc5-4)c4ccccc4-n4c5ccccc5c5cccc3c54)C2CC1. The number of rotatable bonds is 12. The quantitative estimate of drug-likeness (QED) is 0.121. The van der Waals surface area contributed by atoms with Crippen LogP contribution < -0.4 is 19.6 Å². The van der Waals surface area contributed by atoms with Crippen LogP contribution in [0.2, 0.25) is 0 Å². The molecule has 446 valence electrons. The van der Waals surface area contributed by atoms with Gasteiger partial charge < -0.3 is 24.2 Å². The van der Waals surface area contributed by atoms with Crippen molar-refractivity contribution in [3.63, 3.8) is 0 Å². The topological polar surface area (TPSA) is 17.9 Å². The van der Waals surface area contributed by atoms with Gasteiger partial charge >= 0.3 is 0 Å². The maximum absolute atomic E-state index is 2.61. The zero-order chi connectivity index (χ0) is 61.6. The van der Waals surface area contributed by atoms with Crippen LogP contribution in [0.25, 0.3) is 38.6 Å². The lowest BCUT2D eigenvalue weighted by Crippen LogP contribution is -2.34. The van der Waals surface area contributed by atoms with Crippen molar-refractivity contribution in [1.29, 1.82) is 0 Å². The molecule has 0 fully saturated rings. The van der Waals surface area contributed by atoms with Crippen molar-refractivity contribution in [3.8, 4) is 16.8 Å². The summed E-state index contributed by atoms with van der Waals surface area (Å²) >= 11 is 0. The second-order valence-corrected chi connectivity index (χ2v) is 25.8. The molecule has 11 aromatic rings. The molecule has 18 rings (SSSR count). The Bertz CT molecular complexity index is 5050. The molecule has 1 aliphatic heterocycles. The summed E-state index contributed by atoms with van der Waals surface area (Å²) < 4.78 is 2.57. The Morgan fingerprint density at radius 2 is 1.01 bits per heavy atom. The van der Waals surface area contributed by atoms with Gasteiger partial charge in [0, 0.05) is 90.9 Å². The molecule has 4 atom stereocenters. The average Bonchev–Trinajstić information content (AvgIpc) is 1.52. The smallest absolute Gasteiger partial charge is 0.0756 e. The van der Waals surface area contributed by atoms with E-state index in [1.54, 1.807) is 0 Å². The van der Waals surface area contributed by atoms with Crippen LogP contribution in [0.5, 0.6) is 0 Å². The average molecular weight is 1200 g/mol. The molecule has 0 saturated heterocycles. The van der Waals surface area contributed by atoms with Crippen LogP contribution in [0.3, 0.4) is 0 Å². The van der Waals surface area contributed by atoms with Gasteiger partial charge in [-0.15, -0.1) is 0 Å². The van der Waals surface area contributed by atoms with Gasteiger partial charge in [0.25, 0.3) is 0 Å². The number of benzene rings is 10. The fourth-order valence-electron chi connectivity index (χ4n) is 16.5. The molecular formula is C88H69N5. The lowest BCUT2D eigenvalue weighted by atomic mass is 9.65. The van der Waals surface area contributed by atoms with Crippen LogP contribution in [0, 0.1) is 17.8 Å². The molecule has 1 aromatic heterocycles. The first-order chi connectivity index (χ1) is 46.1. The van der Waals surface area contributed by atoms with E-state index < -0.39 is 5.41 Å². The zero-order valence-electron chi connectivity index (χ0n) is 52.1. The molecule has 2 heterocycles. The normalized spacial score (nSPS) is 19.3. The summed E-state index contributed by atoms with van der Waals surface area (Å²) in [5, 5.41) is 2.52. The second kappa shape index (κ2) is 22.4. The summed E-state index contributed by atoms with van der Waals surface area (Å²) in [6.07, 6.45) is 35.7. The fourth-order valence-corrected chi connectivity index (χ4v) is 16.5. The molecule has 0 saturated carbocycles. The van der Waals surface area contributed by atoms with Crippen molar-refractivity contribution in [1.82, 2.24) is 4.57 Å². The molecule has 0 N–H and O–H groups in total. The first-order valence-corrected chi connectivity index (χ1v) is 33.3. The summed E-state index contributed by atoms with van der Waals surface area (Å²) in [5.41, 5.74) is 27.0. The van der Waals surface area contributed by atoms with E-state index in [9.17, 15) is 0 Å². The minimum atomic E-state index is -0.756. The Morgan fingerprint density at radius 3 is 1.71 bits per heavy atom. The maximum atomic E-state index is 2.61. The summed E-state index contributed by atoms with van der Waals surface area (Å²) in [6.45, 7) is 2.37. The number of fused-ring (bicyclic) bond motifs is 14. The van der Waals surface area contributed by atoms with Gasteiger partial charge in [-0.3, -0.25) is 0 Å². The number of para-hydroxylation sites is 6. The summed E-state index contributed by atoms with van der Waals surface area (Å²) in [5.74, 6) is 1.03. The van der Waals surface area contributed by atoms with Crippen molar-refractivity contribution in [2.45, 2.75) is 44.4 Å². The largest absolute Gasteiger partial charge is 0.314 e. The summed E-state index contributed by atoms with van der Waals surface area (Å²) in [4.78, 5) is 9.91. The van der Waals surface area contributed by atoms with Crippen molar-refractivity contribution in [3.05, 3.63) is 372 Å². The Kier molecular flexibility index (Phi) is 13.2. The molecule has 0 amide bonds. The molecular weight excluding hydrogens is 1130 g/mol. The van der Waals surface area contributed by atoms with Gasteiger partial charge in [-0.25, -0.2) is 0 Å². The third-order valence-corrected chi connectivity index (χ3v) is 20.6. The van der Waals surface area contributed by atoms with E-state index in [-0.39, 0.29) is 11.8 Å². The number of aromatic nitrogens is 1. The Balaban J connectivity index is 0.863. The molecule has 0 radical (unpaired) electrons. The van der Waals surface area contributed by atoms with E-state index in [1.807, 2.05) is 0 Å². The van der Waals surface area contributed by atoms with E-state index in [0.717, 1.165) is 83.3 Å². The van der Waals surface area contributed by atoms with Crippen molar-refractivity contribution < 1.29 is 0 Å². The summed E-state index contributed by atoms with van der Waals surface area (Å²) in [7, 11) is 0. The maximum Gasteiger partial charge on any atom is 0.0756 e. The van der Waals surface area contributed by atoms with Gasteiger partial charge in [0.2, 0.25) is 0 Å². The molecule has 6 aliphatic carbocycles. The molecule has 5 nitrogen and oxygen atoms in total. The highest BCUT2D eigenvalue weighted by atomic mass is 15.2. The fraction of sp³-hybridized carbons (Fsp3) is 0.114. The highest BCUT2D eigenvalue weighted by Crippen LogP contribution is 2.63. The zero-order valence-corrected chi connectivity index (χ0v) is 52.1. The van der Waals surface area contributed by atoms with Crippen LogP contribution in [0.1, 0.15) is 61.3 Å². The van der Waals surface area contributed by atoms with E-state index in [4.69, 9.17) is 0 Å². The lowest BCUT2D eigenvalue weighted by molar-refractivity contribution is 0.495. The number of nitrogens with zero attached hydrogens (tertiary/aromatic N) is 5. The van der Waals surface area contributed by atoms with Gasteiger partial charge in [0.15, 0.2) is 0 Å². The highest BCUT2D eigenvalue weighted by Gasteiger charge is 2.52. The monoisotopic (exact) mass is 1200 g/mol. The van der Waals surface area contributed by atoms with Crippen molar-refractivity contribution in [2.24, 2.45) is 17.8 Å². The Labute approximate surface area is 545 Å². The van der Waals surface area contributed by atoms with Gasteiger partial charge in [0.1, 0.15) is 0 Å². The highest BCUT2D eigenvalue weighted by molar-refractivity contribution is 6.13. The third-order valence-electron chi connectivity index (χ3n) is 20.6. The van der Waals surface area contributed by atoms with Crippen LogP contribution in [-0.2, 0) is 5.41 Å². The van der Waals surface area contributed by atoms with Crippen LogP contribution in [0.4, 0.5) is 51.2 Å². The first-order valence-electron chi connectivity index (χ1n) is 33.3. The molecule has 3 unspecified atom stereocenters. The number of hydrogen-bond acceptors (Lipinski definition) is 4. The molecule has 0 bridgehead atoms. The number of hydrogen-bond donors (Lipinski definition) is 0. The molecule has 1 spiro atoms. The Morgan fingerprint density at radius 1 is 0.430 bits per heavy atom. The van der Waals surface area contributed by atoms with Gasteiger partial charge in [-0.2, -0.15) is 0 Å². The van der Waals surface area contributed by atoms with Crippen molar-refractivity contribution in [2.75, 3.05) is 19.6 Å². The minimum absolute atomic E-state index is 0.240. The van der Waals surface area contributed by atoms with E-state index in [1.165, 1.54) is 89.1 Å². The van der Waals surface area contributed by atoms with E-state index in [2.05, 4.69) is 353 Å². The van der Waals surface area contributed by atoms with Crippen LogP contribution >= 0.6 is 0 Å². The van der Waals surface area contributed by atoms with Crippen molar-refractivity contribution >= 4 is 73.0 Å². The number of anilines is 9. The summed E-state index contributed by atoms with van der Waals surface area (Å²) in [6, 6.07) is 91.3. The van der Waals surface area contributed by atoms with Crippen LogP contribution in [0.15, 0.2) is 350 Å². The van der Waals surface area contributed by atoms with Gasteiger partial charge in [-0.1, -0.05) is 189 Å². The molecule has 93 heavy (non-hydrogen) atoms. The first kappa shape index (κ1) is 54.8. The molecule has 7 aliphatic rings. The third kappa shape index (κ3) is 8.81. The lowest BCUT2D eigenvalue weighted by Gasteiger charge is -2.41. The minimum Gasteiger partial charge on any atom is -0.314 e. The predicted molar refractivity (Wildman–Crippen MR) is 388 cm³/mol. The van der Waals surface area contributed by atoms with Gasteiger partial charge in [0.05, 0.1) is 22.1 Å². The standard InChI is InChI=1S/C88H69N5/c1-60-43-54-74-62(57-60)25-21-42-84(74)92(70-50-46-68(47-51-70)90(65-30-10-4-11-31-65)66-32-12-5-13-33-66)72-53-56-76-75-55-52-71(58-81(75)88(82(76)59-72)79-37-17-19-40-86(79)93-85-39-18-16-35-77(85)78-36-22-38-80(88)87(78)93)91(83-41-20-24-61-23-14-15-34-73(61)83)69-48-44-67(45-49-69)89(63-26-6-2-7-27-63)64-28-8-3-9-29-64/h2-4,6-12,14-23,25-42,44-53,55-61,74H,5,13,24,43,54H2,1H3/t60-,61?,74?,88?/m1/s1. The molecule has 5 heteroatoms. The number of allylic oxidation sites excluding steroid dienone is 15. The van der Waals surface area contributed by atoms with Crippen LogP contribution in [-0.4, -0.2) is 4.57 Å². The van der Waals surface area contributed by atoms with E-state index in [0.29, 0.717) is 5.92 Å². The Hall–Kier alpha value is -11.1. The molecule has 10 aromatic carbocycles. The van der Waals surface area contributed by atoms with E-state index >= 15 is 0 Å².